The lowest BCUT2D eigenvalue weighted by molar-refractivity contribution is -0.147. The van der Waals surface area contributed by atoms with Crippen molar-refractivity contribution in [3.63, 3.8) is 0 Å². The molecular weight excluding hydrogens is 444 g/mol. The molecule has 0 aromatic rings. The van der Waals surface area contributed by atoms with E-state index in [2.05, 4.69) is 20.8 Å². The summed E-state index contributed by atoms with van der Waals surface area (Å²) in [6, 6.07) is 0. The van der Waals surface area contributed by atoms with E-state index in [9.17, 15) is 9.59 Å². The number of fused-ring (bicyclic) bond motifs is 2. The van der Waals surface area contributed by atoms with Crippen LogP contribution in [0.15, 0.2) is 22.3 Å². The van der Waals surface area contributed by atoms with Crippen molar-refractivity contribution in [2.75, 3.05) is 6.61 Å². The van der Waals surface area contributed by atoms with Gasteiger partial charge >= 0.3 is 5.97 Å². The third-order valence-corrected chi connectivity index (χ3v) is 9.41. The zero-order chi connectivity index (χ0) is 26.0. The molecule has 0 aromatic carbocycles. The van der Waals surface area contributed by atoms with E-state index in [1.807, 2.05) is 6.92 Å². The minimum atomic E-state index is -0.126. The van der Waals surface area contributed by atoms with Gasteiger partial charge in [0, 0.05) is 22.8 Å². The van der Waals surface area contributed by atoms with Crippen molar-refractivity contribution in [2.24, 2.45) is 10.8 Å². The summed E-state index contributed by atoms with van der Waals surface area (Å²) < 4.78 is 5.74. The summed E-state index contributed by atoms with van der Waals surface area (Å²) in [7, 11) is 0. The number of ether oxygens (including phenoxy) is 1. The van der Waals surface area contributed by atoms with Crippen LogP contribution in [0.3, 0.4) is 0 Å². The van der Waals surface area contributed by atoms with Gasteiger partial charge in [-0.3, -0.25) is 9.59 Å². The number of hydrogen-bond acceptors (Lipinski definition) is 3. The molecule has 0 heterocycles. The van der Waals surface area contributed by atoms with E-state index in [4.69, 9.17) is 4.74 Å². The van der Waals surface area contributed by atoms with Crippen molar-refractivity contribution < 1.29 is 14.3 Å². The van der Waals surface area contributed by atoms with Crippen LogP contribution in [0, 0.1) is 10.8 Å². The number of esters is 1. The minimum absolute atomic E-state index is 0.0630. The lowest BCUT2D eigenvalue weighted by Crippen LogP contribution is -2.37. The van der Waals surface area contributed by atoms with Crippen LogP contribution in [0.5, 0.6) is 0 Å². The molecule has 3 aliphatic rings. The summed E-state index contributed by atoms with van der Waals surface area (Å²) in [5, 5.41) is 0. The third kappa shape index (κ3) is 7.57. The summed E-state index contributed by atoms with van der Waals surface area (Å²) >= 11 is 0. The molecule has 0 bridgehead atoms. The standard InChI is InChI=1S/C33H54O3/c1-5-6-7-8-9-10-11-12-13-14-15-16-17-18-19-20-30(34)36-25-32(3)23-27-29(24-32)33(4)22-21-28(33)26(2)31(27)35/h5-25H2,1-4H3/t32-,33+/m1/s1. The van der Waals surface area contributed by atoms with Gasteiger partial charge < -0.3 is 4.74 Å². The van der Waals surface area contributed by atoms with Crippen molar-refractivity contribution in [2.45, 2.75) is 156 Å². The molecule has 3 aliphatic carbocycles. The molecule has 0 amide bonds. The molecule has 3 rings (SSSR count). The van der Waals surface area contributed by atoms with E-state index in [-0.39, 0.29) is 22.6 Å². The van der Waals surface area contributed by atoms with Gasteiger partial charge in [-0.2, -0.15) is 0 Å². The Morgan fingerprint density at radius 1 is 0.778 bits per heavy atom. The molecule has 3 nitrogen and oxygen atoms in total. The van der Waals surface area contributed by atoms with Crippen LogP contribution >= 0.6 is 0 Å². The van der Waals surface area contributed by atoms with Gasteiger partial charge in [0.25, 0.3) is 0 Å². The lowest BCUT2D eigenvalue weighted by atomic mass is 9.56. The smallest absolute Gasteiger partial charge is 0.305 e. The topological polar surface area (TPSA) is 43.4 Å². The van der Waals surface area contributed by atoms with Crippen molar-refractivity contribution >= 4 is 11.8 Å². The number of rotatable bonds is 18. The molecule has 2 atom stereocenters. The first kappa shape index (κ1) is 29.2. The normalized spacial score (nSPS) is 25.2. The molecular formula is C33H54O3. The number of carbonyl (C=O) groups excluding carboxylic acids is 2. The zero-order valence-corrected chi connectivity index (χ0v) is 24.1. The van der Waals surface area contributed by atoms with Crippen LogP contribution in [0.1, 0.15) is 156 Å². The second kappa shape index (κ2) is 14.0. The van der Waals surface area contributed by atoms with E-state index in [0.717, 1.165) is 49.7 Å². The average Bonchev–Trinajstić information content (AvgIpc) is 3.21. The molecule has 36 heavy (non-hydrogen) atoms. The Labute approximate surface area is 221 Å². The molecule has 0 unspecified atom stereocenters. The highest BCUT2D eigenvalue weighted by molar-refractivity contribution is 6.11. The SMILES string of the molecule is CCCCCCCCCCCCCCCCCC(=O)OC[C@]1(C)CC2=C(C1)[C@@]1(C)CCC1=C(C)C2=O. The van der Waals surface area contributed by atoms with Gasteiger partial charge in [-0.25, -0.2) is 0 Å². The second-order valence-electron chi connectivity index (χ2n) is 12.7. The fourth-order valence-electron chi connectivity index (χ4n) is 6.87. The van der Waals surface area contributed by atoms with Crippen molar-refractivity contribution in [1.29, 1.82) is 0 Å². The number of carbonyl (C=O) groups is 2. The second-order valence-corrected chi connectivity index (χ2v) is 12.7. The van der Waals surface area contributed by atoms with Crippen LogP contribution in [0.25, 0.3) is 0 Å². The van der Waals surface area contributed by atoms with Gasteiger partial charge in [0.1, 0.15) is 0 Å². The zero-order valence-electron chi connectivity index (χ0n) is 24.1. The molecule has 0 radical (unpaired) electrons. The molecule has 3 heteroatoms. The largest absolute Gasteiger partial charge is 0.465 e. The maximum Gasteiger partial charge on any atom is 0.305 e. The van der Waals surface area contributed by atoms with Crippen molar-refractivity contribution in [3.05, 3.63) is 22.3 Å². The van der Waals surface area contributed by atoms with E-state index in [1.54, 1.807) is 0 Å². The maximum atomic E-state index is 12.9. The Bertz CT molecular complexity index is 819. The quantitative estimate of drug-likeness (QED) is 0.139. The molecule has 0 saturated heterocycles. The van der Waals surface area contributed by atoms with Gasteiger partial charge in [0.2, 0.25) is 0 Å². The summed E-state index contributed by atoms with van der Waals surface area (Å²) in [4.78, 5) is 25.3. The van der Waals surface area contributed by atoms with Gasteiger partial charge in [-0.1, -0.05) is 122 Å². The van der Waals surface area contributed by atoms with E-state index in [1.165, 1.54) is 94.6 Å². The Morgan fingerprint density at radius 3 is 1.81 bits per heavy atom. The van der Waals surface area contributed by atoms with Gasteiger partial charge in [-0.05, 0) is 44.6 Å². The van der Waals surface area contributed by atoms with Crippen LogP contribution in [-0.4, -0.2) is 18.4 Å². The van der Waals surface area contributed by atoms with Crippen LogP contribution in [-0.2, 0) is 14.3 Å². The fraction of sp³-hybridized carbons (Fsp3) is 0.818. The summed E-state index contributed by atoms with van der Waals surface area (Å²) in [6.07, 6.45) is 24.4. The van der Waals surface area contributed by atoms with Gasteiger partial charge in [-0.15, -0.1) is 0 Å². The molecule has 0 N–H and O–H groups in total. The van der Waals surface area contributed by atoms with Crippen molar-refractivity contribution in [1.82, 2.24) is 0 Å². The Balaban J connectivity index is 1.18. The predicted molar refractivity (Wildman–Crippen MR) is 150 cm³/mol. The third-order valence-electron chi connectivity index (χ3n) is 9.41. The highest BCUT2D eigenvalue weighted by atomic mass is 16.5. The monoisotopic (exact) mass is 498 g/mol. The summed E-state index contributed by atoms with van der Waals surface area (Å²) in [6.45, 7) is 9.23. The first-order valence-electron chi connectivity index (χ1n) is 15.4. The maximum absolute atomic E-state index is 12.9. The number of allylic oxidation sites excluding steroid dienone is 4. The average molecular weight is 499 g/mol. The molecule has 1 saturated carbocycles. The number of ketones is 1. The molecule has 0 spiro atoms. The molecule has 0 aromatic heterocycles. The minimum Gasteiger partial charge on any atom is -0.465 e. The molecule has 204 valence electrons. The Hall–Kier alpha value is -1.38. The van der Waals surface area contributed by atoms with E-state index >= 15 is 0 Å². The van der Waals surface area contributed by atoms with Gasteiger partial charge in [0.05, 0.1) is 6.61 Å². The highest BCUT2D eigenvalue weighted by Crippen LogP contribution is 2.62. The first-order chi connectivity index (χ1) is 17.3. The highest BCUT2D eigenvalue weighted by Gasteiger charge is 2.53. The Kier molecular flexibility index (Phi) is 11.3. The lowest BCUT2D eigenvalue weighted by Gasteiger charge is -2.47. The van der Waals surface area contributed by atoms with Crippen molar-refractivity contribution in [3.8, 4) is 0 Å². The number of Topliss-reactive ketones (excluding diaryl/α,β-unsaturated/α-hetero) is 1. The molecule has 1 fully saturated rings. The van der Waals surface area contributed by atoms with Crippen LogP contribution in [0.4, 0.5) is 0 Å². The van der Waals surface area contributed by atoms with Gasteiger partial charge in [0.15, 0.2) is 5.78 Å². The van der Waals surface area contributed by atoms with E-state index < -0.39 is 0 Å². The molecule has 0 aliphatic heterocycles. The first-order valence-corrected chi connectivity index (χ1v) is 15.4. The van der Waals surface area contributed by atoms with Crippen LogP contribution < -0.4 is 0 Å². The number of hydrogen-bond donors (Lipinski definition) is 0. The number of unbranched alkanes of at least 4 members (excludes halogenated alkanes) is 14. The fourth-order valence-corrected chi connectivity index (χ4v) is 6.87. The summed E-state index contributed by atoms with van der Waals surface area (Å²) in [5.74, 6) is 0.192. The summed E-state index contributed by atoms with van der Waals surface area (Å²) in [5.41, 5.74) is 4.69. The van der Waals surface area contributed by atoms with Crippen LogP contribution in [0.2, 0.25) is 0 Å². The Morgan fingerprint density at radius 2 is 1.31 bits per heavy atom. The predicted octanol–water partition coefficient (Wildman–Crippen LogP) is 9.59. The van der Waals surface area contributed by atoms with E-state index in [0.29, 0.717) is 13.0 Å².